The highest BCUT2D eigenvalue weighted by molar-refractivity contribution is 7.65. The van der Waals surface area contributed by atoms with Gasteiger partial charge in [-0.05, 0) is 16.5 Å². The third kappa shape index (κ3) is 2.75. The van der Waals surface area contributed by atoms with Gasteiger partial charge in [0.1, 0.15) is 7.73 Å². The number of benzene rings is 1. The van der Waals surface area contributed by atoms with Crippen molar-refractivity contribution in [1.82, 2.24) is 0 Å². The Morgan fingerprint density at radius 3 is 2.60 bits per heavy atom. The largest absolute Gasteiger partial charge is 0.227 e. The van der Waals surface area contributed by atoms with Crippen LogP contribution in [0.3, 0.4) is 0 Å². The van der Waals surface area contributed by atoms with E-state index >= 15 is 0 Å². The van der Waals surface area contributed by atoms with E-state index < -0.39 is 0 Å². The molecule has 1 aromatic rings. The Balaban J connectivity index is 2.59. The van der Waals surface area contributed by atoms with Crippen LogP contribution >= 0.6 is 27.7 Å². The lowest BCUT2D eigenvalue weighted by Gasteiger charge is -1.90. The fourth-order valence-electron chi connectivity index (χ4n) is 0.589. The summed E-state index contributed by atoms with van der Waals surface area (Å²) in [5.41, 5.74) is 0. The first-order valence-corrected chi connectivity index (χ1v) is 5.45. The van der Waals surface area contributed by atoms with E-state index in [4.69, 9.17) is 11.2 Å². The van der Waals surface area contributed by atoms with Crippen LogP contribution in [0.15, 0.2) is 34.8 Å². The molecule has 0 heterocycles. The van der Waals surface area contributed by atoms with Gasteiger partial charge in [-0.1, -0.05) is 30.3 Å². The molecule has 0 aliphatic rings. The molecule has 0 saturated carbocycles. The molecule has 0 aliphatic carbocycles. The highest BCUT2D eigenvalue weighted by atomic mass is 35.7. The Bertz CT molecular complexity index is 212. The van der Waals surface area contributed by atoms with Crippen LogP contribution in [0.25, 0.3) is 0 Å². The zero-order chi connectivity index (χ0) is 7.23. The molecular weight excluding hydrogens is 183 g/mol. The lowest BCUT2D eigenvalue weighted by atomic mass is 10.4. The van der Waals surface area contributed by atoms with E-state index in [9.17, 15) is 0 Å². The Hall–Kier alpha value is 0.0400. The van der Waals surface area contributed by atoms with Crippen LogP contribution in [0, 0.1) is 0 Å². The normalized spacial score (nSPS) is 11.7. The summed E-state index contributed by atoms with van der Waals surface area (Å²) >= 11 is 5.36. The molecule has 0 N–H and O–H groups in total. The summed E-state index contributed by atoms with van der Waals surface area (Å²) in [5.74, 6) is 0. The van der Waals surface area contributed by atoms with E-state index in [0.29, 0.717) is 16.5 Å². The van der Waals surface area contributed by atoms with Crippen molar-refractivity contribution in [3.05, 3.63) is 30.3 Å². The number of rotatable bonds is 2. The van der Waals surface area contributed by atoms with E-state index in [1.807, 2.05) is 30.3 Å². The van der Waals surface area contributed by atoms with Gasteiger partial charge in [0.2, 0.25) is 0 Å². The van der Waals surface area contributed by atoms with Gasteiger partial charge in [0.05, 0.1) is 0 Å². The molecule has 0 aliphatic heterocycles. The highest BCUT2D eigenvalue weighted by Gasteiger charge is 1.84. The van der Waals surface area contributed by atoms with Crippen LogP contribution in [0.4, 0.5) is 0 Å². The minimum absolute atomic E-state index is 0.485. The second-order valence-electron chi connectivity index (χ2n) is 1.65. The summed E-state index contributed by atoms with van der Waals surface area (Å²) in [6.45, 7) is 0. The summed E-state index contributed by atoms with van der Waals surface area (Å²) in [7, 11) is 1.08. The van der Waals surface area contributed by atoms with Crippen LogP contribution in [-0.2, 0) is 0 Å². The molecule has 1 nitrogen and oxygen atoms in total. The second-order valence-corrected chi connectivity index (χ2v) is 3.86. The number of halogens is 1. The van der Waals surface area contributed by atoms with Gasteiger partial charge in [-0.2, -0.15) is 0 Å². The molecule has 0 aromatic heterocycles. The molecule has 0 spiro atoms. The van der Waals surface area contributed by atoms with E-state index in [-0.39, 0.29) is 0 Å². The fourth-order valence-corrected chi connectivity index (χ4v) is 1.88. The van der Waals surface area contributed by atoms with E-state index in [2.05, 4.69) is 4.52 Å². The molecule has 0 amide bonds. The first kappa shape index (κ1) is 8.14. The molecule has 1 unspecified atom stereocenters. The van der Waals surface area contributed by atoms with Crippen molar-refractivity contribution in [2.75, 3.05) is 0 Å². The molecule has 0 bridgehead atoms. The summed E-state index contributed by atoms with van der Waals surface area (Å²) in [5, 5.41) is 1.23. The van der Waals surface area contributed by atoms with Crippen LogP contribution in [0.5, 0.6) is 0 Å². The van der Waals surface area contributed by atoms with Crippen molar-refractivity contribution in [1.29, 1.82) is 0 Å². The predicted octanol–water partition coefficient (Wildman–Crippen LogP) is 3.19. The molecule has 0 radical (unpaired) electrons. The second kappa shape index (κ2) is 4.79. The van der Waals surface area contributed by atoms with Crippen molar-refractivity contribution in [3.63, 3.8) is 0 Å². The molecular formula is C6H6ClNP2. The summed E-state index contributed by atoms with van der Waals surface area (Å²) in [6.07, 6.45) is 0. The maximum absolute atomic E-state index is 5.36. The fraction of sp³-hybridized carbons (Fsp3) is 0. The molecule has 4 heteroatoms. The van der Waals surface area contributed by atoms with E-state index in [1.165, 1.54) is 5.30 Å². The van der Waals surface area contributed by atoms with Gasteiger partial charge < -0.3 is 0 Å². The molecule has 52 valence electrons. The maximum Gasteiger partial charge on any atom is 0.118 e. The third-order valence-electron chi connectivity index (χ3n) is 0.991. The molecule has 10 heavy (non-hydrogen) atoms. The quantitative estimate of drug-likeness (QED) is 0.634. The smallest absolute Gasteiger partial charge is 0.118 e. The monoisotopic (exact) mass is 189 g/mol. The van der Waals surface area contributed by atoms with Gasteiger partial charge in [-0.15, -0.1) is 0 Å². The van der Waals surface area contributed by atoms with Gasteiger partial charge in [0, 0.05) is 8.73 Å². The van der Waals surface area contributed by atoms with E-state index in [1.54, 1.807) is 0 Å². The van der Waals surface area contributed by atoms with Crippen LogP contribution in [-0.4, -0.2) is 0 Å². The molecule has 1 rings (SSSR count). The third-order valence-corrected chi connectivity index (χ3v) is 2.96. The first-order valence-electron chi connectivity index (χ1n) is 2.75. The maximum atomic E-state index is 5.36. The topological polar surface area (TPSA) is 12.4 Å². The lowest BCUT2D eigenvalue weighted by Crippen LogP contribution is -1.87. The van der Waals surface area contributed by atoms with Crippen LogP contribution in [0.1, 0.15) is 0 Å². The average Bonchev–Trinajstić information content (AvgIpc) is 2.03. The van der Waals surface area contributed by atoms with Gasteiger partial charge in [0.25, 0.3) is 0 Å². The number of hydrogen-bond acceptors (Lipinski definition) is 1. The van der Waals surface area contributed by atoms with Crippen molar-refractivity contribution in [2.45, 2.75) is 0 Å². The van der Waals surface area contributed by atoms with E-state index in [0.717, 1.165) is 0 Å². The molecule has 1 atom stereocenters. The zero-order valence-electron chi connectivity index (χ0n) is 5.16. The number of nitrogens with zero attached hydrogens (tertiary/aromatic N) is 1. The molecule has 1 aromatic carbocycles. The van der Waals surface area contributed by atoms with Crippen LogP contribution < -0.4 is 5.30 Å². The Morgan fingerprint density at radius 2 is 2.00 bits per heavy atom. The van der Waals surface area contributed by atoms with Crippen molar-refractivity contribution in [3.8, 4) is 0 Å². The minimum Gasteiger partial charge on any atom is -0.227 e. The summed E-state index contributed by atoms with van der Waals surface area (Å²) in [6, 6.07) is 10.1. The first-order chi connectivity index (χ1) is 4.93. The summed E-state index contributed by atoms with van der Waals surface area (Å²) in [4.78, 5) is 0. The lowest BCUT2D eigenvalue weighted by molar-refractivity contribution is 1.77. The van der Waals surface area contributed by atoms with Gasteiger partial charge >= 0.3 is 0 Å². The Labute approximate surface area is 68.3 Å². The summed E-state index contributed by atoms with van der Waals surface area (Å²) < 4.78 is 4.01. The predicted molar refractivity (Wildman–Crippen MR) is 49.6 cm³/mol. The Morgan fingerprint density at radius 1 is 1.30 bits per heavy atom. The molecule has 0 saturated heterocycles. The average molecular weight is 190 g/mol. The van der Waals surface area contributed by atoms with Crippen LogP contribution in [0.2, 0.25) is 0 Å². The van der Waals surface area contributed by atoms with Crippen molar-refractivity contribution in [2.24, 2.45) is 4.52 Å². The molecule has 0 fully saturated rings. The Kier molecular flexibility index (Phi) is 3.90. The van der Waals surface area contributed by atoms with Gasteiger partial charge in [-0.25, -0.2) is 4.52 Å². The standard InChI is InChI=1S/C6H6ClNP2/c7-10-8-9-6-4-2-1-3-5-6/h1-5,9H. The number of hydrogen-bond donors (Lipinski definition) is 0. The van der Waals surface area contributed by atoms with Crippen molar-refractivity contribution < 1.29 is 0 Å². The van der Waals surface area contributed by atoms with Gasteiger partial charge in [0.15, 0.2) is 0 Å². The SMILES string of the molecule is ClP=NPc1ccccc1. The highest BCUT2D eigenvalue weighted by Crippen LogP contribution is 2.20. The van der Waals surface area contributed by atoms with Crippen molar-refractivity contribution >= 4 is 33.0 Å². The van der Waals surface area contributed by atoms with Gasteiger partial charge in [-0.3, -0.25) is 0 Å². The zero-order valence-corrected chi connectivity index (χ0v) is 7.81. The minimum atomic E-state index is 0.485.